The van der Waals surface area contributed by atoms with E-state index in [4.69, 9.17) is 11.6 Å². The van der Waals surface area contributed by atoms with E-state index < -0.39 is 12.6 Å². The van der Waals surface area contributed by atoms with E-state index in [9.17, 15) is 18.0 Å². The average Bonchev–Trinajstić information content (AvgIpc) is 2.94. The number of thioether (sulfide) groups is 1. The zero-order valence-electron chi connectivity index (χ0n) is 15.1. The van der Waals surface area contributed by atoms with Crippen molar-refractivity contribution in [2.45, 2.75) is 32.9 Å². The predicted octanol–water partition coefficient (Wildman–Crippen LogP) is 5.04. The third kappa shape index (κ3) is 9.14. The molecule has 1 rings (SSSR count). The maximum Gasteiger partial charge on any atom is 0.389 e. The molecule has 1 aromatic rings. The van der Waals surface area contributed by atoms with E-state index in [1.54, 1.807) is 50.8 Å². The highest BCUT2D eigenvalue weighted by Gasteiger charge is 2.26. The van der Waals surface area contributed by atoms with Crippen molar-refractivity contribution in [3.63, 3.8) is 0 Å². The van der Waals surface area contributed by atoms with Gasteiger partial charge in [0.05, 0.1) is 12.6 Å². The molecule has 150 valence electrons. The van der Waals surface area contributed by atoms with Gasteiger partial charge in [-0.1, -0.05) is 11.6 Å². The molecule has 0 saturated carbocycles. The number of rotatable bonds is 10. The maximum atomic E-state index is 12.4. The first-order valence-electron chi connectivity index (χ1n) is 8.29. The van der Waals surface area contributed by atoms with Crippen molar-refractivity contribution in [3.05, 3.63) is 29.7 Å². The van der Waals surface area contributed by atoms with Crippen LogP contribution in [0.15, 0.2) is 29.5 Å². The molecule has 0 aliphatic carbocycles. The number of nitrogens with zero attached hydrogens (tertiary/aromatic N) is 4. The Morgan fingerprint density at radius 3 is 2.78 bits per heavy atom. The Morgan fingerprint density at radius 2 is 2.15 bits per heavy atom. The number of hydrogen-bond donors (Lipinski definition) is 0. The van der Waals surface area contributed by atoms with Gasteiger partial charge in [-0.2, -0.15) is 30.0 Å². The summed E-state index contributed by atoms with van der Waals surface area (Å²) in [6, 6.07) is 0. The number of aliphatic imine (C=N–C) groups is 1. The number of amides is 1. The molecule has 1 amide bonds. The van der Waals surface area contributed by atoms with Crippen LogP contribution in [0, 0.1) is 0 Å². The highest BCUT2D eigenvalue weighted by Crippen LogP contribution is 2.26. The van der Waals surface area contributed by atoms with Crippen LogP contribution in [0.3, 0.4) is 0 Å². The molecule has 0 spiro atoms. The van der Waals surface area contributed by atoms with Gasteiger partial charge in [-0.25, -0.2) is 4.68 Å². The van der Waals surface area contributed by atoms with E-state index >= 15 is 0 Å². The molecule has 0 atom stereocenters. The van der Waals surface area contributed by atoms with Crippen LogP contribution in [0.25, 0.3) is 6.20 Å². The summed E-state index contributed by atoms with van der Waals surface area (Å²) in [5, 5.41) is 4.29. The topological polar surface area (TPSA) is 50.5 Å². The highest BCUT2D eigenvalue weighted by molar-refractivity contribution is 7.99. The lowest BCUT2D eigenvalue weighted by atomic mass is 10.3. The van der Waals surface area contributed by atoms with Crippen molar-refractivity contribution in [2.24, 2.45) is 4.99 Å². The maximum absolute atomic E-state index is 12.4. The SMILES string of the molecule is CC=N/C=C\C=C\n1cc(N(CC)C(=O)CCSCCC(F)(F)F)c(Cl)n1. The predicted molar refractivity (Wildman–Crippen MR) is 107 cm³/mol. The van der Waals surface area contributed by atoms with Crippen molar-refractivity contribution in [3.8, 4) is 0 Å². The quantitative estimate of drug-likeness (QED) is 0.301. The number of carbonyl (C=O) groups is 1. The molecule has 0 radical (unpaired) electrons. The number of hydrogen-bond acceptors (Lipinski definition) is 4. The van der Waals surface area contributed by atoms with Crippen LogP contribution in [0.5, 0.6) is 0 Å². The first-order chi connectivity index (χ1) is 12.8. The normalized spacial score (nSPS) is 12.7. The van der Waals surface area contributed by atoms with Gasteiger partial charge >= 0.3 is 6.18 Å². The summed E-state index contributed by atoms with van der Waals surface area (Å²) in [4.78, 5) is 17.8. The van der Waals surface area contributed by atoms with Crippen LogP contribution in [0.2, 0.25) is 5.15 Å². The third-order valence-corrected chi connectivity index (χ3v) is 4.49. The summed E-state index contributed by atoms with van der Waals surface area (Å²) in [5.74, 6) is 0.0570. The van der Waals surface area contributed by atoms with Gasteiger partial charge in [-0.3, -0.25) is 9.79 Å². The summed E-state index contributed by atoms with van der Waals surface area (Å²) in [6.07, 6.45) is 5.08. The Kier molecular flexibility index (Phi) is 10.2. The first kappa shape index (κ1) is 23.3. The molecule has 10 heteroatoms. The lowest BCUT2D eigenvalue weighted by Crippen LogP contribution is -2.30. The molecule has 0 saturated heterocycles. The Hall–Kier alpha value is -1.74. The van der Waals surface area contributed by atoms with Crippen molar-refractivity contribution in [1.29, 1.82) is 0 Å². The van der Waals surface area contributed by atoms with Crippen LogP contribution < -0.4 is 4.90 Å². The van der Waals surface area contributed by atoms with E-state index in [0.717, 1.165) is 11.8 Å². The van der Waals surface area contributed by atoms with Gasteiger partial charge in [0.1, 0.15) is 5.69 Å². The fraction of sp³-hybridized carbons (Fsp3) is 0.471. The fourth-order valence-corrected chi connectivity index (χ4v) is 3.14. The summed E-state index contributed by atoms with van der Waals surface area (Å²) < 4.78 is 37.8. The Morgan fingerprint density at radius 1 is 1.41 bits per heavy atom. The standard InChI is InChI=1S/C17H22ClF3N4OS/c1-3-22-9-5-6-10-24-13-14(16(18)23-24)25(4-2)15(26)7-11-27-12-8-17(19,20)21/h3,5-6,9-10,13H,4,7-8,11-12H2,1-2H3/b9-5-,10-6+,22-3?. The van der Waals surface area contributed by atoms with Gasteiger partial charge < -0.3 is 4.90 Å². The lowest BCUT2D eigenvalue weighted by Gasteiger charge is -2.19. The number of halogens is 4. The van der Waals surface area contributed by atoms with Crippen molar-refractivity contribution < 1.29 is 18.0 Å². The minimum atomic E-state index is -4.17. The third-order valence-electron chi connectivity index (χ3n) is 3.24. The van der Waals surface area contributed by atoms with Gasteiger partial charge in [0.15, 0.2) is 5.15 Å². The number of allylic oxidation sites excluding steroid dienone is 2. The molecule has 1 aromatic heterocycles. The van der Waals surface area contributed by atoms with Gasteiger partial charge in [0.2, 0.25) is 5.91 Å². The van der Waals surface area contributed by atoms with Gasteiger partial charge in [-0.05, 0) is 26.0 Å². The summed E-state index contributed by atoms with van der Waals surface area (Å²) in [7, 11) is 0. The van der Waals surface area contributed by atoms with Gasteiger partial charge in [0.25, 0.3) is 0 Å². The molecule has 1 heterocycles. The van der Waals surface area contributed by atoms with Gasteiger partial charge in [0, 0.05) is 43.1 Å². The van der Waals surface area contributed by atoms with Crippen molar-refractivity contribution in [1.82, 2.24) is 9.78 Å². The van der Waals surface area contributed by atoms with Crippen LogP contribution >= 0.6 is 23.4 Å². The number of aromatic nitrogens is 2. The van der Waals surface area contributed by atoms with Gasteiger partial charge in [-0.15, -0.1) is 0 Å². The Bertz CT molecular complexity index is 686. The largest absolute Gasteiger partial charge is 0.389 e. The molecule has 0 bridgehead atoms. The molecule has 0 aliphatic rings. The van der Waals surface area contributed by atoms with E-state index in [-0.39, 0.29) is 23.2 Å². The molecule has 0 N–H and O–H groups in total. The van der Waals surface area contributed by atoms with Crippen LogP contribution in [-0.4, -0.2) is 46.1 Å². The summed E-state index contributed by atoms with van der Waals surface area (Å²) in [6.45, 7) is 3.98. The van der Waals surface area contributed by atoms with Crippen molar-refractivity contribution in [2.75, 3.05) is 23.0 Å². The van der Waals surface area contributed by atoms with E-state index in [1.807, 2.05) is 0 Å². The van der Waals surface area contributed by atoms with E-state index in [2.05, 4.69) is 10.1 Å². The van der Waals surface area contributed by atoms with Crippen LogP contribution in [0.1, 0.15) is 26.7 Å². The zero-order valence-corrected chi connectivity index (χ0v) is 16.7. The number of carbonyl (C=O) groups excluding carboxylic acids is 1. The molecular formula is C17H22ClF3N4OS. The van der Waals surface area contributed by atoms with E-state index in [0.29, 0.717) is 18.0 Å². The second-order valence-electron chi connectivity index (χ2n) is 5.24. The molecule has 0 unspecified atom stereocenters. The fourth-order valence-electron chi connectivity index (χ4n) is 2.01. The minimum Gasteiger partial charge on any atom is -0.308 e. The molecular weight excluding hydrogens is 401 g/mol. The highest BCUT2D eigenvalue weighted by atomic mass is 35.5. The van der Waals surface area contributed by atoms with Crippen molar-refractivity contribution >= 4 is 47.4 Å². The Labute approximate surface area is 166 Å². The summed E-state index contributed by atoms with van der Waals surface area (Å²) in [5.41, 5.74) is 0.463. The summed E-state index contributed by atoms with van der Waals surface area (Å²) >= 11 is 7.23. The molecule has 0 aliphatic heterocycles. The second kappa shape index (κ2) is 11.9. The van der Waals surface area contributed by atoms with Crippen LogP contribution in [0.4, 0.5) is 18.9 Å². The average molecular weight is 423 g/mol. The zero-order chi connectivity index (χ0) is 20.3. The molecule has 27 heavy (non-hydrogen) atoms. The second-order valence-corrected chi connectivity index (χ2v) is 6.82. The first-order valence-corrected chi connectivity index (χ1v) is 9.82. The Balaban J connectivity index is 2.63. The molecule has 0 fully saturated rings. The number of anilines is 1. The smallest absolute Gasteiger partial charge is 0.308 e. The van der Waals surface area contributed by atoms with E-state index in [1.165, 1.54) is 9.58 Å². The minimum absolute atomic E-state index is 0.0536. The molecule has 0 aromatic carbocycles. The monoisotopic (exact) mass is 422 g/mol. The van der Waals surface area contributed by atoms with Crippen LogP contribution in [-0.2, 0) is 4.79 Å². The molecule has 5 nitrogen and oxygen atoms in total. The lowest BCUT2D eigenvalue weighted by molar-refractivity contribution is -0.129. The number of alkyl halides is 3.